The monoisotopic (exact) mass is 592 g/mol. The highest BCUT2D eigenvalue weighted by molar-refractivity contribution is 6.11. The van der Waals surface area contributed by atoms with Crippen LogP contribution in [0.5, 0.6) is 0 Å². The lowest BCUT2D eigenvalue weighted by Crippen LogP contribution is -2.13. The van der Waals surface area contributed by atoms with Crippen LogP contribution in [0.4, 0.5) is 11.4 Å². The maximum atomic E-state index is 13.4. The minimum atomic E-state index is -0.493. The summed E-state index contributed by atoms with van der Waals surface area (Å²) in [6.07, 6.45) is 2.86. The van der Waals surface area contributed by atoms with Crippen LogP contribution in [0.2, 0.25) is 0 Å². The molecular formula is C36H24N4O5. The summed E-state index contributed by atoms with van der Waals surface area (Å²) in [5.74, 6) is -0.268. The molecule has 0 saturated carbocycles. The van der Waals surface area contributed by atoms with Crippen LogP contribution in [-0.4, -0.2) is 32.4 Å². The molecule has 0 aliphatic heterocycles. The molecule has 0 atom stereocenters. The Balaban J connectivity index is 1.17. The SMILES string of the molecule is O=C(/C=C/c1cccc([N+](=O)[O-])c1)c1ccc(NC(=O)c2ccccc2-c2nc3ccc(C(=O)c4ccccc4)cc3[nH]2)cc1. The molecule has 0 bridgehead atoms. The first-order chi connectivity index (χ1) is 21.9. The van der Waals surface area contributed by atoms with Crippen molar-refractivity contribution in [2.24, 2.45) is 0 Å². The Morgan fingerprint density at radius 2 is 1.49 bits per heavy atom. The number of imidazole rings is 1. The van der Waals surface area contributed by atoms with Gasteiger partial charge in [-0.2, -0.15) is 0 Å². The van der Waals surface area contributed by atoms with Crippen LogP contribution < -0.4 is 5.32 Å². The van der Waals surface area contributed by atoms with Crippen molar-refractivity contribution in [2.75, 3.05) is 5.32 Å². The van der Waals surface area contributed by atoms with Crippen molar-refractivity contribution in [1.29, 1.82) is 0 Å². The van der Waals surface area contributed by atoms with Crippen molar-refractivity contribution in [1.82, 2.24) is 9.97 Å². The number of hydrogen-bond donors (Lipinski definition) is 2. The van der Waals surface area contributed by atoms with Crippen molar-refractivity contribution in [3.63, 3.8) is 0 Å². The summed E-state index contributed by atoms with van der Waals surface area (Å²) in [6.45, 7) is 0. The zero-order chi connectivity index (χ0) is 31.3. The number of ketones is 2. The first-order valence-corrected chi connectivity index (χ1v) is 13.9. The second kappa shape index (κ2) is 12.4. The predicted molar refractivity (Wildman–Crippen MR) is 172 cm³/mol. The number of nitro groups is 1. The molecule has 1 amide bonds. The fraction of sp³-hybridized carbons (Fsp3) is 0. The van der Waals surface area contributed by atoms with E-state index in [1.54, 1.807) is 84.9 Å². The van der Waals surface area contributed by atoms with E-state index in [1.165, 1.54) is 24.3 Å². The number of rotatable bonds is 9. The third kappa shape index (κ3) is 6.32. The molecule has 0 aliphatic rings. The summed E-state index contributed by atoms with van der Waals surface area (Å²) in [4.78, 5) is 57.4. The molecule has 9 heteroatoms. The van der Waals surface area contributed by atoms with Crippen LogP contribution in [0.25, 0.3) is 28.5 Å². The fourth-order valence-electron chi connectivity index (χ4n) is 4.85. The molecule has 5 aromatic carbocycles. The number of carbonyl (C=O) groups is 3. The summed E-state index contributed by atoms with van der Waals surface area (Å²) >= 11 is 0. The Bertz CT molecular complexity index is 2120. The number of allylic oxidation sites excluding steroid dienone is 1. The third-order valence-electron chi connectivity index (χ3n) is 7.14. The number of fused-ring (bicyclic) bond motifs is 1. The quantitative estimate of drug-likeness (QED) is 0.0772. The summed E-state index contributed by atoms with van der Waals surface area (Å²) in [5, 5.41) is 13.8. The fourth-order valence-corrected chi connectivity index (χ4v) is 4.85. The Morgan fingerprint density at radius 3 is 2.27 bits per heavy atom. The van der Waals surface area contributed by atoms with Gasteiger partial charge in [-0.15, -0.1) is 0 Å². The van der Waals surface area contributed by atoms with Gasteiger partial charge < -0.3 is 10.3 Å². The van der Waals surface area contributed by atoms with Gasteiger partial charge in [0.25, 0.3) is 11.6 Å². The number of hydrogen-bond acceptors (Lipinski definition) is 6. The highest BCUT2D eigenvalue weighted by Crippen LogP contribution is 2.26. The number of carbonyl (C=O) groups excluding carboxylic acids is 3. The smallest absolute Gasteiger partial charge is 0.270 e. The molecule has 0 unspecified atom stereocenters. The highest BCUT2D eigenvalue weighted by Gasteiger charge is 2.17. The molecule has 9 nitrogen and oxygen atoms in total. The van der Waals surface area contributed by atoms with Gasteiger partial charge in [0.05, 0.1) is 21.5 Å². The van der Waals surface area contributed by atoms with Crippen molar-refractivity contribution in [3.05, 3.63) is 165 Å². The molecular weight excluding hydrogens is 568 g/mol. The molecule has 1 heterocycles. The standard InChI is InChI=1S/C36H24N4O5/c41-33(20-13-23-7-6-10-28(21-23)40(44)45)24-14-17-27(18-15-24)37-36(43)30-12-5-4-11-29(30)35-38-31-19-16-26(22-32(31)39-35)34(42)25-8-2-1-3-9-25/h1-22H,(H,37,43)(H,38,39)/b20-13+. The molecule has 0 spiro atoms. The third-order valence-corrected chi connectivity index (χ3v) is 7.14. The lowest BCUT2D eigenvalue weighted by Gasteiger charge is -2.09. The number of aromatic amines is 1. The van der Waals surface area contributed by atoms with Crippen molar-refractivity contribution in [2.45, 2.75) is 0 Å². The van der Waals surface area contributed by atoms with E-state index >= 15 is 0 Å². The molecule has 45 heavy (non-hydrogen) atoms. The van der Waals surface area contributed by atoms with Crippen LogP contribution in [0, 0.1) is 10.1 Å². The van der Waals surface area contributed by atoms with Gasteiger partial charge in [-0.25, -0.2) is 4.98 Å². The molecule has 6 rings (SSSR count). The van der Waals surface area contributed by atoms with Gasteiger partial charge >= 0.3 is 0 Å². The molecule has 6 aromatic rings. The van der Waals surface area contributed by atoms with E-state index in [1.807, 2.05) is 24.3 Å². The first-order valence-electron chi connectivity index (χ1n) is 13.9. The average Bonchev–Trinajstić information content (AvgIpc) is 3.51. The summed E-state index contributed by atoms with van der Waals surface area (Å²) in [7, 11) is 0. The van der Waals surface area contributed by atoms with Crippen LogP contribution >= 0.6 is 0 Å². The molecule has 2 N–H and O–H groups in total. The van der Waals surface area contributed by atoms with E-state index in [0.29, 0.717) is 55.9 Å². The number of benzene rings is 5. The predicted octanol–water partition coefficient (Wildman–Crippen LogP) is 7.52. The van der Waals surface area contributed by atoms with Gasteiger partial charge in [0, 0.05) is 40.1 Å². The summed E-state index contributed by atoms with van der Waals surface area (Å²) in [5.41, 5.74) is 4.76. The minimum Gasteiger partial charge on any atom is -0.338 e. The Morgan fingerprint density at radius 1 is 0.756 bits per heavy atom. The zero-order valence-electron chi connectivity index (χ0n) is 23.6. The van der Waals surface area contributed by atoms with Gasteiger partial charge in [-0.1, -0.05) is 66.7 Å². The topological polar surface area (TPSA) is 135 Å². The summed E-state index contributed by atoms with van der Waals surface area (Å²) < 4.78 is 0. The lowest BCUT2D eigenvalue weighted by molar-refractivity contribution is -0.384. The maximum absolute atomic E-state index is 13.4. The van der Waals surface area contributed by atoms with Crippen LogP contribution in [-0.2, 0) is 0 Å². The number of aromatic nitrogens is 2. The van der Waals surface area contributed by atoms with Crippen LogP contribution in [0.3, 0.4) is 0 Å². The molecule has 0 radical (unpaired) electrons. The Kier molecular flexibility index (Phi) is 7.89. The maximum Gasteiger partial charge on any atom is 0.270 e. The van der Waals surface area contributed by atoms with Crippen LogP contribution in [0.1, 0.15) is 42.2 Å². The number of nitro benzene ring substituents is 1. The second-order valence-electron chi connectivity index (χ2n) is 10.1. The van der Waals surface area contributed by atoms with Crippen molar-refractivity contribution in [3.8, 4) is 11.4 Å². The Labute approximate surface area is 257 Å². The molecule has 1 aromatic heterocycles. The zero-order valence-corrected chi connectivity index (χ0v) is 23.6. The average molecular weight is 593 g/mol. The molecule has 0 fully saturated rings. The number of nitrogens with one attached hydrogen (secondary N) is 2. The highest BCUT2D eigenvalue weighted by atomic mass is 16.6. The van der Waals surface area contributed by atoms with E-state index < -0.39 is 4.92 Å². The van der Waals surface area contributed by atoms with E-state index in [9.17, 15) is 24.5 Å². The van der Waals surface area contributed by atoms with Crippen molar-refractivity contribution < 1.29 is 19.3 Å². The van der Waals surface area contributed by atoms with E-state index in [-0.39, 0.29) is 23.2 Å². The van der Waals surface area contributed by atoms with E-state index in [4.69, 9.17) is 0 Å². The number of non-ortho nitro benzene ring substituents is 1. The Hall–Kier alpha value is -6.48. The van der Waals surface area contributed by atoms with Gasteiger partial charge in [0.15, 0.2) is 11.6 Å². The van der Waals surface area contributed by atoms with Gasteiger partial charge in [0.1, 0.15) is 5.82 Å². The van der Waals surface area contributed by atoms with Crippen LogP contribution in [0.15, 0.2) is 127 Å². The van der Waals surface area contributed by atoms with Gasteiger partial charge in [0.2, 0.25) is 0 Å². The van der Waals surface area contributed by atoms with Crippen molar-refractivity contribution >= 4 is 46.0 Å². The normalized spacial score (nSPS) is 11.0. The summed E-state index contributed by atoms with van der Waals surface area (Å²) in [6, 6.07) is 33.8. The van der Waals surface area contributed by atoms with E-state index in [2.05, 4.69) is 15.3 Å². The van der Waals surface area contributed by atoms with Gasteiger partial charge in [-0.3, -0.25) is 24.5 Å². The minimum absolute atomic E-state index is 0.0592. The second-order valence-corrected chi connectivity index (χ2v) is 10.1. The van der Waals surface area contributed by atoms with E-state index in [0.717, 1.165) is 0 Å². The molecule has 218 valence electrons. The largest absolute Gasteiger partial charge is 0.338 e. The molecule has 0 saturated heterocycles. The van der Waals surface area contributed by atoms with Gasteiger partial charge in [-0.05, 0) is 60.2 Å². The molecule has 0 aliphatic carbocycles. The number of amides is 1. The first kappa shape index (κ1) is 28.6. The number of nitrogens with zero attached hydrogens (tertiary/aromatic N) is 2. The lowest BCUT2D eigenvalue weighted by atomic mass is 10.0. The number of H-pyrrole nitrogens is 1. The number of anilines is 1.